The molecule has 1 aliphatic heterocycles. The number of benzene rings is 1. The molecule has 1 fully saturated rings. The van der Waals surface area contributed by atoms with Gasteiger partial charge in [0.05, 0.1) is 10.8 Å². The first-order chi connectivity index (χ1) is 10.7. The maximum atomic E-state index is 12.8. The van der Waals surface area contributed by atoms with Crippen molar-refractivity contribution in [3.63, 3.8) is 0 Å². The number of rotatable bonds is 4. The molecule has 1 amide bonds. The molecule has 128 valence electrons. The van der Waals surface area contributed by atoms with Crippen LogP contribution in [0.25, 0.3) is 0 Å². The van der Waals surface area contributed by atoms with Gasteiger partial charge in [-0.05, 0) is 51.3 Å². The Morgan fingerprint density at radius 3 is 2.70 bits per heavy atom. The zero-order chi connectivity index (χ0) is 17.2. The van der Waals surface area contributed by atoms with Crippen LogP contribution in [0.1, 0.15) is 32.3 Å². The minimum atomic E-state index is -3.63. The number of nitrogens with one attached hydrogen (secondary N) is 1. The van der Waals surface area contributed by atoms with Crippen molar-refractivity contribution >= 4 is 27.5 Å². The lowest BCUT2D eigenvalue weighted by Gasteiger charge is -2.31. The molecule has 2 rings (SSSR count). The number of carbonyl (C=O) groups excluding carboxylic acids is 1. The molecular weight excluding hydrogens is 336 g/mol. The van der Waals surface area contributed by atoms with E-state index in [2.05, 4.69) is 5.32 Å². The van der Waals surface area contributed by atoms with Crippen molar-refractivity contribution in [2.24, 2.45) is 5.92 Å². The number of carbonyl (C=O) groups is 1. The van der Waals surface area contributed by atoms with Gasteiger partial charge in [0.15, 0.2) is 0 Å². The third-order valence-electron chi connectivity index (χ3n) is 3.97. The van der Waals surface area contributed by atoms with E-state index in [1.807, 2.05) is 20.8 Å². The molecule has 0 aromatic heterocycles. The molecule has 1 saturated heterocycles. The van der Waals surface area contributed by atoms with Crippen molar-refractivity contribution in [3.05, 3.63) is 28.8 Å². The number of halogens is 1. The average molecular weight is 359 g/mol. The van der Waals surface area contributed by atoms with E-state index in [-0.39, 0.29) is 29.3 Å². The molecular formula is C16H23ClN2O3S. The first-order valence-electron chi connectivity index (χ1n) is 7.78. The maximum absolute atomic E-state index is 12.8. The number of amides is 1. The summed E-state index contributed by atoms with van der Waals surface area (Å²) in [6, 6.07) is 4.78. The van der Waals surface area contributed by atoms with Crippen molar-refractivity contribution in [2.75, 3.05) is 13.1 Å². The number of nitrogens with zero attached hydrogens (tertiary/aromatic N) is 1. The predicted molar refractivity (Wildman–Crippen MR) is 91.0 cm³/mol. The minimum Gasteiger partial charge on any atom is -0.354 e. The lowest BCUT2D eigenvalue weighted by atomic mass is 9.98. The van der Waals surface area contributed by atoms with Gasteiger partial charge < -0.3 is 5.32 Å². The maximum Gasteiger partial charge on any atom is 0.243 e. The van der Waals surface area contributed by atoms with Gasteiger partial charge in [0.1, 0.15) is 0 Å². The van der Waals surface area contributed by atoms with Gasteiger partial charge in [0.2, 0.25) is 15.9 Å². The van der Waals surface area contributed by atoms with Gasteiger partial charge in [-0.25, -0.2) is 8.42 Å². The molecule has 5 nitrogen and oxygen atoms in total. The van der Waals surface area contributed by atoms with Crippen molar-refractivity contribution in [3.8, 4) is 0 Å². The molecule has 0 aliphatic carbocycles. The van der Waals surface area contributed by atoms with Crippen LogP contribution in [0.5, 0.6) is 0 Å². The summed E-state index contributed by atoms with van der Waals surface area (Å²) < 4.78 is 26.9. The Labute approximate surface area is 143 Å². The summed E-state index contributed by atoms with van der Waals surface area (Å²) in [6.07, 6.45) is 1.38. The molecule has 7 heteroatoms. The number of hydrogen-bond donors (Lipinski definition) is 1. The van der Waals surface area contributed by atoms with E-state index in [1.165, 1.54) is 10.4 Å². The molecule has 1 atom stereocenters. The highest BCUT2D eigenvalue weighted by molar-refractivity contribution is 7.89. The van der Waals surface area contributed by atoms with Gasteiger partial charge in [0.25, 0.3) is 0 Å². The number of piperidine rings is 1. The molecule has 0 saturated carbocycles. The van der Waals surface area contributed by atoms with Gasteiger partial charge in [0, 0.05) is 24.2 Å². The van der Waals surface area contributed by atoms with E-state index in [0.717, 1.165) is 5.56 Å². The fraction of sp³-hybridized carbons (Fsp3) is 0.562. The summed E-state index contributed by atoms with van der Waals surface area (Å²) in [5.74, 6) is -0.385. The Morgan fingerprint density at radius 2 is 2.09 bits per heavy atom. The van der Waals surface area contributed by atoms with Crippen LogP contribution in [0.2, 0.25) is 5.02 Å². The van der Waals surface area contributed by atoms with Crippen molar-refractivity contribution in [1.82, 2.24) is 9.62 Å². The third kappa shape index (κ3) is 4.25. The highest BCUT2D eigenvalue weighted by Crippen LogP contribution is 2.26. The fourth-order valence-electron chi connectivity index (χ4n) is 2.66. The Morgan fingerprint density at radius 1 is 1.39 bits per heavy atom. The molecule has 0 radical (unpaired) electrons. The average Bonchev–Trinajstić information content (AvgIpc) is 2.49. The zero-order valence-corrected chi connectivity index (χ0v) is 15.2. The van der Waals surface area contributed by atoms with Crippen LogP contribution in [-0.2, 0) is 14.8 Å². The molecule has 1 aromatic rings. The Hall–Kier alpha value is -1.11. The summed E-state index contributed by atoms with van der Waals surface area (Å²) in [4.78, 5) is 12.3. The second kappa shape index (κ2) is 7.20. The Kier molecular flexibility index (Phi) is 5.70. The first kappa shape index (κ1) is 18.2. The van der Waals surface area contributed by atoms with Gasteiger partial charge in [-0.2, -0.15) is 4.31 Å². The molecule has 0 bridgehead atoms. The molecule has 1 heterocycles. The fourth-order valence-corrected chi connectivity index (χ4v) is 4.46. The second-order valence-electron chi connectivity index (χ2n) is 6.28. The van der Waals surface area contributed by atoms with Gasteiger partial charge in [-0.1, -0.05) is 17.7 Å². The van der Waals surface area contributed by atoms with E-state index in [1.54, 1.807) is 12.1 Å². The highest BCUT2D eigenvalue weighted by atomic mass is 35.5. The SMILES string of the molecule is Cc1ccc(S(=O)(=O)N2CCC[C@H](C(=O)NC(C)C)C2)cc1Cl. The molecule has 0 spiro atoms. The van der Waals surface area contributed by atoms with E-state index in [0.29, 0.717) is 24.4 Å². The van der Waals surface area contributed by atoms with E-state index >= 15 is 0 Å². The monoisotopic (exact) mass is 358 g/mol. The number of sulfonamides is 1. The van der Waals surface area contributed by atoms with E-state index in [4.69, 9.17) is 11.6 Å². The standard InChI is InChI=1S/C16H23ClN2O3S/c1-11(2)18-16(20)13-5-4-8-19(10-13)23(21,22)14-7-6-12(3)15(17)9-14/h6-7,9,11,13H,4-5,8,10H2,1-3H3,(H,18,20)/t13-/m0/s1. The molecule has 0 unspecified atom stereocenters. The van der Waals surface area contributed by atoms with Crippen LogP contribution < -0.4 is 5.32 Å². The van der Waals surface area contributed by atoms with Crippen molar-refractivity contribution in [1.29, 1.82) is 0 Å². The summed E-state index contributed by atoms with van der Waals surface area (Å²) in [5.41, 5.74) is 0.832. The van der Waals surface area contributed by atoms with Crippen LogP contribution in [-0.4, -0.2) is 37.8 Å². The summed E-state index contributed by atoms with van der Waals surface area (Å²) >= 11 is 6.05. The van der Waals surface area contributed by atoms with Crippen molar-refractivity contribution < 1.29 is 13.2 Å². The first-order valence-corrected chi connectivity index (χ1v) is 9.60. The molecule has 1 N–H and O–H groups in total. The van der Waals surface area contributed by atoms with Gasteiger partial charge in [-0.3, -0.25) is 4.79 Å². The molecule has 1 aliphatic rings. The number of aryl methyl sites for hydroxylation is 1. The molecule has 1 aromatic carbocycles. The zero-order valence-electron chi connectivity index (χ0n) is 13.7. The van der Waals surface area contributed by atoms with E-state index in [9.17, 15) is 13.2 Å². The summed E-state index contributed by atoms with van der Waals surface area (Å²) in [7, 11) is -3.63. The topological polar surface area (TPSA) is 66.5 Å². The van der Waals surface area contributed by atoms with Crippen LogP contribution in [0.4, 0.5) is 0 Å². The van der Waals surface area contributed by atoms with Crippen LogP contribution in [0.3, 0.4) is 0 Å². The lowest BCUT2D eigenvalue weighted by Crippen LogP contribution is -2.46. The van der Waals surface area contributed by atoms with Crippen LogP contribution >= 0.6 is 11.6 Å². The van der Waals surface area contributed by atoms with Crippen LogP contribution in [0, 0.1) is 12.8 Å². The predicted octanol–water partition coefficient (Wildman–Crippen LogP) is 2.57. The minimum absolute atomic E-state index is 0.0467. The van der Waals surface area contributed by atoms with E-state index < -0.39 is 10.0 Å². The summed E-state index contributed by atoms with van der Waals surface area (Å²) in [5, 5.41) is 3.29. The second-order valence-corrected chi connectivity index (χ2v) is 8.62. The smallest absolute Gasteiger partial charge is 0.243 e. The largest absolute Gasteiger partial charge is 0.354 e. The number of hydrogen-bond acceptors (Lipinski definition) is 3. The van der Waals surface area contributed by atoms with Gasteiger partial charge >= 0.3 is 0 Å². The van der Waals surface area contributed by atoms with Crippen LogP contribution in [0.15, 0.2) is 23.1 Å². The Bertz CT molecular complexity index is 689. The quantitative estimate of drug-likeness (QED) is 0.899. The normalized spacial score (nSPS) is 19.8. The Balaban J connectivity index is 2.19. The highest BCUT2D eigenvalue weighted by Gasteiger charge is 2.33. The van der Waals surface area contributed by atoms with Crippen molar-refractivity contribution in [2.45, 2.75) is 44.6 Å². The lowest BCUT2D eigenvalue weighted by molar-refractivity contribution is -0.126. The van der Waals surface area contributed by atoms with Gasteiger partial charge in [-0.15, -0.1) is 0 Å². The molecule has 23 heavy (non-hydrogen) atoms. The third-order valence-corrected chi connectivity index (χ3v) is 6.24. The summed E-state index contributed by atoms with van der Waals surface area (Å²) in [6.45, 7) is 6.25.